The SMILES string of the molecule is CCCc1nc(-c2ccc(Br)cc2)nc(NC)c1I. The quantitative estimate of drug-likeness (QED) is 0.724. The van der Waals surface area contributed by atoms with Crippen LogP contribution in [0.25, 0.3) is 11.4 Å². The molecule has 0 radical (unpaired) electrons. The Morgan fingerprint density at radius 1 is 1.21 bits per heavy atom. The summed E-state index contributed by atoms with van der Waals surface area (Å²) in [6.07, 6.45) is 2.05. The topological polar surface area (TPSA) is 37.8 Å². The van der Waals surface area contributed by atoms with Crippen molar-refractivity contribution >= 4 is 44.3 Å². The fraction of sp³-hybridized carbons (Fsp3) is 0.286. The molecule has 1 aromatic heterocycles. The number of nitrogens with zero attached hydrogens (tertiary/aromatic N) is 2. The summed E-state index contributed by atoms with van der Waals surface area (Å²) in [5.74, 6) is 1.68. The maximum atomic E-state index is 4.70. The van der Waals surface area contributed by atoms with Gasteiger partial charge in [0.05, 0.1) is 9.26 Å². The molecule has 2 aromatic rings. The zero-order valence-corrected chi connectivity index (χ0v) is 14.6. The second-order valence-electron chi connectivity index (χ2n) is 4.16. The Kier molecular flexibility index (Phi) is 5.15. The van der Waals surface area contributed by atoms with Gasteiger partial charge in [-0.3, -0.25) is 0 Å². The first-order valence-corrected chi connectivity index (χ1v) is 8.03. The first-order valence-electron chi connectivity index (χ1n) is 6.15. The predicted molar refractivity (Wildman–Crippen MR) is 91.4 cm³/mol. The summed E-state index contributed by atoms with van der Waals surface area (Å²) in [5.41, 5.74) is 2.15. The van der Waals surface area contributed by atoms with E-state index in [2.05, 4.69) is 55.7 Å². The fourth-order valence-electron chi connectivity index (χ4n) is 1.79. The molecule has 0 aliphatic rings. The molecule has 0 aliphatic heterocycles. The van der Waals surface area contributed by atoms with Gasteiger partial charge in [-0.2, -0.15) is 0 Å². The van der Waals surface area contributed by atoms with Crippen LogP contribution < -0.4 is 5.32 Å². The molecular formula is C14H15BrIN3. The number of hydrogen-bond donors (Lipinski definition) is 1. The minimum absolute atomic E-state index is 0.778. The third kappa shape index (κ3) is 3.45. The molecule has 0 amide bonds. The lowest BCUT2D eigenvalue weighted by Crippen LogP contribution is -2.05. The second-order valence-corrected chi connectivity index (χ2v) is 6.16. The summed E-state index contributed by atoms with van der Waals surface area (Å²) in [6, 6.07) is 8.08. The van der Waals surface area contributed by atoms with Gasteiger partial charge in [-0.15, -0.1) is 0 Å². The molecule has 5 heteroatoms. The smallest absolute Gasteiger partial charge is 0.161 e. The summed E-state index contributed by atoms with van der Waals surface area (Å²) in [7, 11) is 1.89. The van der Waals surface area contributed by atoms with Crippen LogP contribution in [0.1, 0.15) is 19.0 Å². The predicted octanol–water partition coefficient (Wildman–Crippen LogP) is 4.50. The lowest BCUT2D eigenvalue weighted by atomic mass is 10.2. The average molecular weight is 432 g/mol. The Hall–Kier alpha value is -0.690. The highest BCUT2D eigenvalue weighted by Crippen LogP contribution is 2.25. The first-order chi connectivity index (χ1) is 9.15. The van der Waals surface area contributed by atoms with Crippen molar-refractivity contribution < 1.29 is 0 Å². The van der Waals surface area contributed by atoms with E-state index < -0.39 is 0 Å². The third-order valence-electron chi connectivity index (χ3n) is 2.75. The number of aryl methyl sites for hydroxylation is 1. The summed E-state index contributed by atoms with van der Waals surface area (Å²) < 4.78 is 2.17. The van der Waals surface area contributed by atoms with Gasteiger partial charge in [0.15, 0.2) is 5.82 Å². The monoisotopic (exact) mass is 431 g/mol. The molecule has 0 saturated heterocycles. The van der Waals surface area contributed by atoms with Gasteiger partial charge in [-0.05, 0) is 41.1 Å². The molecule has 0 fully saturated rings. The van der Waals surface area contributed by atoms with Crippen LogP contribution in [0.15, 0.2) is 28.7 Å². The molecule has 1 heterocycles. The lowest BCUT2D eigenvalue weighted by molar-refractivity contribution is 0.868. The molecular weight excluding hydrogens is 417 g/mol. The van der Waals surface area contributed by atoms with Crippen LogP contribution in [-0.4, -0.2) is 17.0 Å². The maximum Gasteiger partial charge on any atom is 0.161 e. The van der Waals surface area contributed by atoms with Crippen LogP contribution in [0, 0.1) is 3.57 Å². The standard InChI is InChI=1S/C14H15BrIN3/c1-3-4-11-12(16)14(17-2)19-13(18-11)9-5-7-10(15)8-6-9/h5-8H,3-4H2,1-2H3,(H,17,18,19). The van der Waals surface area contributed by atoms with Gasteiger partial charge >= 0.3 is 0 Å². The number of halogens is 2. The van der Waals surface area contributed by atoms with Gasteiger partial charge in [0.2, 0.25) is 0 Å². The van der Waals surface area contributed by atoms with E-state index >= 15 is 0 Å². The number of aromatic nitrogens is 2. The minimum Gasteiger partial charge on any atom is -0.372 e. The van der Waals surface area contributed by atoms with Crippen molar-refractivity contribution in [3.63, 3.8) is 0 Å². The molecule has 0 unspecified atom stereocenters. The highest BCUT2D eigenvalue weighted by Gasteiger charge is 2.11. The fourth-order valence-corrected chi connectivity index (χ4v) is 2.83. The van der Waals surface area contributed by atoms with Crippen molar-refractivity contribution in [2.75, 3.05) is 12.4 Å². The average Bonchev–Trinajstić information content (AvgIpc) is 2.42. The molecule has 100 valence electrons. The molecule has 0 atom stereocenters. The molecule has 0 aliphatic carbocycles. The van der Waals surface area contributed by atoms with E-state index in [1.54, 1.807) is 0 Å². The second kappa shape index (κ2) is 6.65. The molecule has 3 nitrogen and oxygen atoms in total. The minimum atomic E-state index is 0.778. The Morgan fingerprint density at radius 3 is 2.47 bits per heavy atom. The van der Waals surface area contributed by atoms with Crippen molar-refractivity contribution in [1.29, 1.82) is 0 Å². The number of rotatable bonds is 4. The number of anilines is 1. The van der Waals surface area contributed by atoms with Crippen LogP contribution >= 0.6 is 38.5 Å². The Morgan fingerprint density at radius 2 is 1.89 bits per heavy atom. The van der Waals surface area contributed by atoms with Crippen molar-refractivity contribution in [2.45, 2.75) is 19.8 Å². The summed E-state index contributed by atoms with van der Waals surface area (Å²) >= 11 is 5.75. The van der Waals surface area contributed by atoms with Crippen LogP contribution in [0.5, 0.6) is 0 Å². The number of nitrogens with one attached hydrogen (secondary N) is 1. The first kappa shape index (κ1) is 14.7. The summed E-state index contributed by atoms with van der Waals surface area (Å²) in [5, 5.41) is 3.15. The van der Waals surface area contributed by atoms with Gasteiger partial charge in [0, 0.05) is 17.1 Å². The van der Waals surface area contributed by atoms with Crippen LogP contribution in [0.3, 0.4) is 0 Å². The van der Waals surface area contributed by atoms with E-state index in [0.717, 1.165) is 43.8 Å². The molecule has 1 aromatic carbocycles. The van der Waals surface area contributed by atoms with E-state index in [-0.39, 0.29) is 0 Å². The highest BCUT2D eigenvalue weighted by atomic mass is 127. The van der Waals surface area contributed by atoms with Crippen molar-refractivity contribution in [3.8, 4) is 11.4 Å². The van der Waals surface area contributed by atoms with Gasteiger partial charge in [-0.1, -0.05) is 41.4 Å². The molecule has 0 bridgehead atoms. The molecule has 1 N–H and O–H groups in total. The van der Waals surface area contributed by atoms with E-state index in [9.17, 15) is 0 Å². The Balaban J connectivity index is 2.51. The zero-order valence-electron chi connectivity index (χ0n) is 10.9. The van der Waals surface area contributed by atoms with Crippen LogP contribution in [0.2, 0.25) is 0 Å². The van der Waals surface area contributed by atoms with Gasteiger partial charge in [0.1, 0.15) is 5.82 Å². The van der Waals surface area contributed by atoms with E-state index in [4.69, 9.17) is 4.98 Å². The molecule has 0 saturated carbocycles. The lowest BCUT2D eigenvalue weighted by Gasteiger charge is -2.10. The Bertz CT molecular complexity index is 570. The van der Waals surface area contributed by atoms with Crippen molar-refractivity contribution in [3.05, 3.63) is 38.0 Å². The molecule has 19 heavy (non-hydrogen) atoms. The maximum absolute atomic E-state index is 4.70. The van der Waals surface area contributed by atoms with E-state index in [1.807, 2.05) is 31.3 Å². The van der Waals surface area contributed by atoms with Gasteiger partial charge in [-0.25, -0.2) is 9.97 Å². The van der Waals surface area contributed by atoms with Crippen LogP contribution in [-0.2, 0) is 6.42 Å². The highest BCUT2D eigenvalue weighted by molar-refractivity contribution is 14.1. The summed E-state index contributed by atoms with van der Waals surface area (Å²) in [6.45, 7) is 2.16. The Labute approximate surface area is 135 Å². The van der Waals surface area contributed by atoms with Gasteiger partial charge < -0.3 is 5.32 Å². The molecule has 2 rings (SSSR count). The van der Waals surface area contributed by atoms with Crippen LogP contribution in [0.4, 0.5) is 5.82 Å². The van der Waals surface area contributed by atoms with E-state index in [1.165, 1.54) is 0 Å². The molecule has 0 spiro atoms. The number of hydrogen-bond acceptors (Lipinski definition) is 3. The number of benzene rings is 1. The largest absolute Gasteiger partial charge is 0.372 e. The third-order valence-corrected chi connectivity index (χ3v) is 4.41. The van der Waals surface area contributed by atoms with Crippen molar-refractivity contribution in [2.24, 2.45) is 0 Å². The zero-order chi connectivity index (χ0) is 13.8. The van der Waals surface area contributed by atoms with Crippen molar-refractivity contribution in [1.82, 2.24) is 9.97 Å². The van der Waals surface area contributed by atoms with E-state index in [0.29, 0.717) is 0 Å². The van der Waals surface area contributed by atoms with Gasteiger partial charge in [0.25, 0.3) is 0 Å². The normalized spacial score (nSPS) is 10.5. The summed E-state index contributed by atoms with van der Waals surface area (Å²) in [4.78, 5) is 9.29.